The third-order valence-corrected chi connectivity index (χ3v) is 4.86. The molecule has 0 unspecified atom stereocenters. The number of hydrogen-bond acceptors (Lipinski definition) is 4. The van der Waals surface area contributed by atoms with Crippen molar-refractivity contribution in [2.45, 2.75) is 25.9 Å². The van der Waals surface area contributed by atoms with Crippen molar-refractivity contribution in [2.75, 3.05) is 18.8 Å². The predicted molar refractivity (Wildman–Crippen MR) is 93.0 cm³/mol. The molecule has 2 heterocycles. The van der Waals surface area contributed by atoms with Gasteiger partial charge >= 0.3 is 0 Å². The van der Waals surface area contributed by atoms with E-state index in [1.54, 1.807) is 30.1 Å². The summed E-state index contributed by atoms with van der Waals surface area (Å²) in [5, 5.41) is 1.09. The Morgan fingerprint density at radius 1 is 1.35 bits per heavy atom. The molecule has 0 radical (unpaired) electrons. The molecule has 0 bridgehead atoms. The van der Waals surface area contributed by atoms with Gasteiger partial charge in [-0.2, -0.15) is 0 Å². The van der Waals surface area contributed by atoms with E-state index >= 15 is 0 Å². The molecule has 0 fully saturated rings. The molecule has 4 nitrogen and oxygen atoms in total. The summed E-state index contributed by atoms with van der Waals surface area (Å²) in [6.45, 7) is 3.43. The second-order valence-corrected chi connectivity index (χ2v) is 6.63. The van der Waals surface area contributed by atoms with Crippen molar-refractivity contribution in [1.82, 2.24) is 14.5 Å². The molecular formula is C17H21FN4S. The van der Waals surface area contributed by atoms with Gasteiger partial charge in [0.2, 0.25) is 0 Å². The maximum Gasteiger partial charge on any atom is 0.159 e. The predicted octanol–water partition coefficient (Wildman–Crippen LogP) is 3.41. The largest absolute Gasteiger partial charge is 0.347 e. The zero-order chi connectivity index (χ0) is 15.9. The van der Waals surface area contributed by atoms with Crippen molar-refractivity contribution in [1.29, 1.82) is 0 Å². The summed E-state index contributed by atoms with van der Waals surface area (Å²) in [6, 6.07) is 6.83. The van der Waals surface area contributed by atoms with Crippen molar-refractivity contribution < 1.29 is 4.39 Å². The molecule has 0 saturated carbocycles. The summed E-state index contributed by atoms with van der Waals surface area (Å²) in [7, 11) is 0. The number of aromatic nitrogens is 2. The fourth-order valence-electron chi connectivity index (χ4n) is 2.60. The van der Waals surface area contributed by atoms with E-state index in [1.165, 1.54) is 6.07 Å². The Hall–Kier alpha value is -1.82. The van der Waals surface area contributed by atoms with Crippen LogP contribution >= 0.6 is 11.8 Å². The number of hydrogen-bond donors (Lipinski definition) is 0. The number of aryl methyl sites for hydroxylation is 1. The molecule has 122 valence electrons. The zero-order valence-corrected chi connectivity index (χ0v) is 13.9. The molecule has 1 aromatic carbocycles. The first-order chi connectivity index (χ1) is 11.3. The molecule has 1 aliphatic heterocycles. The zero-order valence-electron chi connectivity index (χ0n) is 13.1. The monoisotopic (exact) mass is 332 g/mol. The number of halogens is 1. The topological polar surface area (TPSA) is 33.4 Å². The molecule has 3 rings (SSSR count). The van der Waals surface area contributed by atoms with E-state index in [0.29, 0.717) is 6.54 Å². The number of rotatable bonds is 6. The van der Waals surface area contributed by atoms with Crippen LogP contribution in [0.3, 0.4) is 0 Å². The van der Waals surface area contributed by atoms with E-state index in [0.717, 1.165) is 49.0 Å². The summed E-state index contributed by atoms with van der Waals surface area (Å²) in [6.07, 6.45) is 7.75. The Morgan fingerprint density at radius 3 is 3.04 bits per heavy atom. The van der Waals surface area contributed by atoms with Gasteiger partial charge in [-0.25, -0.2) is 9.37 Å². The summed E-state index contributed by atoms with van der Waals surface area (Å²) in [5.41, 5.74) is 0.988. The van der Waals surface area contributed by atoms with Gasteiger partial charge in [-0.05, 0) is 30.5 Å². The van der Waals surface area contributed by atoms with Gasteiger partial charge in [0.1, 0.15) is 5.82 Å². The molecule has 1 aromatic heterocycles. The van der Waals surface area contributed by atoms with E-state index in [1.807, 2.05) is 18.6 Å². The summed E-state index contributed by atoms with van der Waals surface area (Å²) in [5.74, 6) is 0.930. The van der Waals surface area contributed by atoms with Crippen LogP contribution in [0, 0.1) is 5.82 Å². The van der Waals surface area contributed by atoms with Crippen molar-refractivity contribution >= 4 is 16.9 Å². The first-order valence-electron chi connectivity index (χ1n) is 7.93. The lowest BCUT2D eigenvalue weighted by atomic mass is 10.2. The van der Waals surface area contributed by atoms with Gasteiger partial charge in [0.05, 0.1) is 6.33 Å². The average molecular weight is 332 g/mol. The minimum absolute atomic E-state index is 0.181. The van der Waals surface area contributed by atoms with Crippen LogP contribution in [0.5, 0.6) is 0 Å². The highest BCUT2D eigenvalue weighted by Crippen LogP contribution is 2.19. The number of imidazole rings is 1. The van der Waals surface area contributed by atoms with Gasteiger partial charge in [-0.1, -0.05) is 23.9 Å². The average Bonchev–Trinajstić information content (AvgIpc) is 3.08. The van der Waals surface area contributed by atoms with Crippen LogP contribution in [0.2, 0.25) is 0 Å². The Kier molecular flexibility index (Phi) is 5.69. The summed E-state index contributed by atoms with van der Waals surface area (Å²) >= 11 is 1.81. The standard InChI is InChI=1S/C17H21FN4S/c18-16-5-1-4-15(12-16)13-22(17-20-6-2-11-23-17)9-3-8-21-10-7-19-14-21/h1,4-5,7,10,12,14H,2-3,6,8-9,11,13H2. The normalized spacial score (nSPS) is 14.6. The van der Waals surface area contributed by atoms with E-state index < -0.39 is 0 Å². The van der Waals surface area contributed by atoms with Crippen LogP contribution < -0.4 is 0 Å². The highest BCUT2D eigenvalue weighted by molar-refractivity contribution is 8.13. The second kappa shape index (κ2) is 8.15. The third-order valence-electron chi connectivity index (χ3n) is 3.72. The van der Waals surface area contributed by atoms with Crippen LogP contribution in [0.4, 0.5) is 4.39 Å². The number of aliphatic imine (C=N–C) groups is 1. The lowest BCUT2D eigenvalue weighted by molar-refractivity contribution is 0.395. The van der Waals surface area contributed by atoms with E-state index in [-0.39, 0.29) is 5.82 Å². The van der Waals surface area contributed by atoms with Crippen molar-refractivity contribution in [3.8, 4) is 0 Å². The highest BCUT2D eigenvalue weighted by Gasteiger charge is 2.15. The SMILES string of the molecule is Fc1cccc(CN(CCCn2ccnc2)C2=NCCCS2)c1. The van der Waals surface area contributed by atoms with Gasteiger partial charge < -0.3 is 9.47 Å². The van der Waals surface area contributed by atoms with Gasteiger partial charge in [-0.3, -0.25) is 4.99 Å². The number of benzene rings is 1. The quantitative estimate of drug-likeness (QED) is 0.813. The van der Waals surface area contributed by atoms with Crippen LogP contribution in [-0.2, 0) is 13.1 Å². The summed E-state index contributed by atoms with van der Waals surface area (Å²) < 4.78 is 15.5. The van der Waals surface area contributed by atoms with Gasteiger partial charge in [-0.15, -0.1) is 0 Å². The Bertz CT molecular complexity index is 642. The number of amidine groups is 1. The lowest BCUT2D eigenvalue weighted by Gasteiger charge is -2.27. The van der Waals surface area contributed by atoms with Crippen molar-refractivity contribution in [3.63, 3.8) is 0 Å². The van der Waals surface area contributed by atoms with Gasteiger partial charge in [0, 0.05) is 44.3 Å². The van der Waals surface area contributed by atoms with Crippen molar-refractivity contribution in [2.24, 2.45) is 4.99 Å². The highest BCUT2D eigenvalue weighted by atomic mass is 32.2. The molecule has 0 amide bonds. The first kappa shape index (κ1) is 16.1. The third kappa shape index (κ3) is 4.82. The Labute approximate surface area is 140 Å². The fraction of sp³-hybridized carbons (Fsp3) is 0.412. The van der Waals surface area contributed by atoms with E-state index in [4.69, 9.17) is 0 Å². The molecule has 0 aliphatic carbocycles. The van der Waals surface area contributed by atoms with Gasteiger partial charge in [0.15, 0.2) is 5.17 Å². The fourth-order valence-corrected chi connectivity index (χ4v) is 3.58. The lowest BCUT2D eigenvalue weighted by Crippen LogP contribution is -2.31. The first-order valence-corrected chi connectivity index (χ1v) is 8.92. The van der Waals surface area contributed by atoms with E-state index in [9.17, 15) is 4.39 Å². The molecule has 1 aliphatic rings. The van der Waals surface area contributed by atoms with Gasteiger partial charge in [0.25, 0.3) is 0 Å². The Balaban J connectivity index is 1.64. The van der Waals surface area contributed by atoms with E-state index in [2.05, 4.69) is 19.4 Å². The van der Waals surface area contributed by atoms with Crippen LogP contribution in [0.25, 0.3) is 0 Å². The molecule has 0 atom stereocenters. The minimum atomic E-state index is -0.181. The molecule has 2 aromatic rings. The summed E-state index contributed by atoms with van der Waals surface area (Å²) in [4.78, 5) is 11.0. The molecule has 0 spiro atoms. The maximum atomic E-state index is 13.4. The molecule has 0 saturated heterocycles. The maximum absolute atomic E-state index is 13.4. The van der Waals surface area contributed by atoms with Crippen molar-refractivity contribution in [3.05, 3.63) is 54.4 Å². The molecule has 6 heteroatoms. The molecule has 0 N–H and O–H groups in total. The van der Waals surface area contributed by atoms with Crippen LogP contribution in [0.15, 0.2) is 48.0 Å². The molecule has 23 heavy (non-hydrogen) atoms. The van der Waals surface area contributed by atoms with Crippen LogP contribution in [0.1, 0.15) is 18.4 Å². The molecular weight excluding hydrogens is 311 g/mol. The second-order valence-electron chi connectivity index (χ2n) is 5.57. The number of thioether (sulfide) groups is 1. The number of nitrogens with zero attached hydrogens (tertiary/aromatic N) is 4. The minimum Gasteiger partial charge on any atom is -0.347 e. The smallest absolute Gasteiger partial charge is 0.159 e. The Morgan fingerprint density at radius 2 is 2.30 bits per heavy atom. The van der Waals surface area contributed by atoms with Crippen LogP contribution in [-0.4, -0.2) is 38.5 Å².